The molecule has 0 saturated carbocycles. The molecule has 0 spiro atoms. The second-order valence-electron chi connectivity index (χ2n) is 4.43. The first-order valence-corrected chi connectivity index (χ1v) is 7.40. The van der Waals surface area contributed by atoms with Gasteiger partial charge in [-0.15, -0.1) is 6.58 Å². The molecule has 1 unspecified atom stereocenters. The summed E-state index contributed by atoms with van der Waals surface area (Å²) in [6.07, 6.45) is 3.73. The SMILES string of the molecule is C=CCCC(C)Nc1cc(S(N)(=O)=O)ccc1C. The highest BCUT2D eigenvalue weighted by Gasteiger charge is 2.11. The van der Waals surface area contributed by atoms with Crippen LogP contribution in [0.1, 0.15) is 25.3 Å². The van der Waals surface area contributed by atoms with Gasteiger partial charge in [-0.05, 0) is 44.4 Å². The molecule has 1 aromatic carbocycles. The fourth-order valence-electron chi connectivity index (χ4n) is 1.64. The maximum Gasteiger partial charge on any atom is 0.238 e. The van der Waals surface area contributed by atoms with Crippen molar-refractivity contribution in [1.29, 1.82) is 0 Å². The summed E-state index contributed by atoms with van der Waals surface area (Å²) in [5, 5.41) is 8.41. The van der Waals surface area contributed by atoms with Crippen LogP contribution in [0.4, 0.5) is 5.69 Å². The van der Waals surface area contributed by atoms with E-state index in [2.05, 4.69) is 11.9 Å². The van der Waals surface area contributed by atoms with Gasteiger partial charge in [0.05, 0.1) is 4.90 Å². The zero-order valence-corrected chi connectivity index (χ0v) is 11.6. The van der Waals surface area contributed by atoms with Crippen LogP contribution in [-0.2, 0) is 10.0 Å². The van der Waals surface area contributed by atoms with Crippen LogP contribution >= 0.6 is 0 Å². The van der Waals surface area contributed by atoms with E-state index in [1.807, 2.05) is 19.9 Å². The van der Waals surface area contributed by atoms with Crippen LogP contribution in [0.15, 0.2) is 35.7 Å². The number of benzene rings is 1. The zero-order valence-electron chi connectivity index (χ0n) is 10.8. The number of allylic oxidation sites excluding steroid dienone is 1. The van der Waals surface area contributed by atoms with Gasteiger partial charge in [0.25, 0.3) is 0 Å². The topological polar surface area (TPSA) is 72.2 Å². The molecular weight excluding hydrogens is 248 g/mol. The standard InChI is InChI=1S/C13H20N2O2S/c1-4-5-6-11(3)15-13-9-12(18(14,16)17)8-7-10(13)2/h4,7-9,11,15H,1,5-6H2,2-3H3,(H2,14,16,17). The third kappa shape index (κ3) is 4.16. The minimum absolute atomic E-state index is 0.131. The van der Waals surface area contributed by atoms with E-state index in [9.17, 15) is 8.42 Å². The Balaban J connectivity index is 2.91. The van der Waals surface area contributed by atoms with Crippen molar-refractivity contribution in [2.24, 2.45) is 5.14 Å². The second kappa shape index (κ2) is 6.02. The van der Waals surface area contributed by atoms with Crippen LogP contribution in [0.5, 0.6) is 0 Å². The molecule has 18 heavy (non-hydrogen) atoms. The average Bonchev–Trinajstić information content (AvgIpc) is 2.28. The van der Waals surface area contributed by atoms with Crippen LogP contribution < -0.4 is 10.5 Å². The van der Waals surface area contributed by atoms with Crippen molar-refractivity contribution in [1.82, 2.24) is 0 Å². The van der Waals surface area contributed by atoms with Gasteiger partial charge in [-0.3, -0.25) is 0 Å². The van der Waals surface area contributed by atoms with Gasteiger partial charge in [0.15, 0.2) is 0 Å². The number of nitrogens with two attached hydrogens (primary N) is 1. The Morgan fingerprint density at radius 2 is 2.17 bits per heavy atom. The molecule has 3 N–H and O–H groups in total. The van der Waals surface area contributed by atoms with Crippen molar-refractivity contribution in [2.45, 2.75) is 37.6 Å². The summed E-state index contributed by atoms with van der Waals surface area (Å²) in [4.78, 5) is 0.131. The van der Waals surface area contributed by atoms with E-state index in [-0.39, 0.29) is 10.9 Å². The van der Waals surface area contributed by atoms with Gasteiger partial charge < -0.3 is 5.32 Å². The molecular formula is C13H20N2O2S. The second-order valence-corrected chi connectivity index (χ2v) is 5.99. The Morgan fingerprint density at radius 1 is 1.50 bits per heavy atom. The quantitative estimate of drug-likeness (QED) is 0.778. The molecule has 1 aromatic rings. The molecule has 1 atom stereocenters. The molecule has 0 aliphatic heterocycles. The normalized spacial score (nSPS) is 13.1. The number of sulfonamides is 1. The van der Waals surface area contributed by atoms with Crippen LogP contribution in [0.2, 0.25) is 0 Å². The molecule has 0 fully saturated rings. The molecule has 0 saturated heterocycles. The maximum atomic E-state index is 11.3. The highest BCUT2D eigenvalue weighted by Crippen LogP contribution is 2.20. The number of hydrogen-bond donors (Lipinski definition) is 2. The van der Waals surface area contributed by atoms with Gasteiger partial charge in [0.2, 0.25) is 10.0 Å². The Labute approximate surface area is 109 Å². The number of nitrogens with one attached hydrogen (secondary N) is 1. The van der Waals surface area contributed by atoms with Crippen molar-refractivity contribution in [3.05, 3.63) is 36.4 Å². The number of aryl methyl sites for hydroxylation is 1. The van der Waals surface area contributed by atoms with Gasteiger partial charge in [-0.2, -0.15) is 0 Å². The van der Waals surface area contributed by atoms with Gasteiger partial charge in [0.1, 0.15) is 0 Å². The van der Waals surface area contributed by atoms with Crippen molar-refractivity contribution >= 4 is 15.7 Å². The summed E-state index contributed by atoms with van der Waals surface area (Å²) in [6, 6.07) is 5.10. The van der Waals surface area contributed by atoms with E-state index < -0.39 is 10.0 Å². The number of anilines is 1. The molecule has 0 heterocycles. The molecule has 0 bridgehead atoms. The Kier molecular flexibility index (Phi) is 4.93. The van der Waals surface area contributed by atoms with Crippen LogP contribution in [0, 0.1) is 6.92 Å². The summed E-state index contributed by atoms with van der Waals surface area (Å²) >= 11 is 0. The number of rotatable bonds is 6. The average molecular weight is 268 g/mol. The Morgan fingerprint density at radius 3 is 2.72 bits per heavy atom. The van der Waals surface area contributed by atoms with Gasteiger partial charge in [-0.25, -0.2) is 13.6 Å². The summed E-state index contributed by atoms with van der Waals surface area (Å²) < 4.78 is 22.6. The molecule has 0 amide bonds. The van der Waals surface area contributed by atoms with Crippen LogP contribution in [0.25, 0.3) is 0 Å². The lowest BCUT2D eigenvalue weighted by Gasteiger charge is -2.17. The van der Waals surface area contributed by atoms with E-state index in [0.29, 0.717) is 0 Å². The number of primary sulfonamides is 1. The molecule has 4 nitrogen and oxygen atoms in total. The minimum Gasteiger partial charge on any atom is -0.382 e. The highest BCUT2D eigenvalue weighted by molar-refractivity contribution is 7.89. The first-order chi connectivity index (χ1) is 8.34. The van der Waals surface area contributed by atoms with Gasteiger partial charge >= 0.3 is 0 Å². The Hall–Kier alpha value is -1.33. The van der Waals surface area contributed by atoms with Crippen LogP contribution in [0.3, 0.4) is 0 Å². The van der Waals surface area contributed by atoms with E-state index in [4.69, 9.17) is 5.14 Å². The lowest BCUT2D eigenvalue weighted by molar-refractivity contribution is 0.597. The number of hydrogen-bond acceptors (Lipinski definition) is 3. The maximum absolute atomic E-state index is 11.3. The highest BCUT2D eigenvalue weighted by atomic mass is 32.2. The summed E-state index contributed by atoms with van der Waals surface area (Å²) in [7, 11) is -3.65. The zero-order chi connectivity index (χ0) is 13.8. The van der Waals surface area contributed by atoms with E-state index in [0.717, 1.165) is 24.1 Å². The van der Waals surface area contributed by atoms with Crippen molar-refractivity contribution < 1.29 is 8.42 Å². The Bertz CT molecular complexity index is 524. The lowest BCUT2D eigenvalue weighted by atomic mass is 10.1. The molecule has 0 radical (unpaired) electrons. The lowest BCUT2D eigenvalue weighted by Crippen LogP contribution is -2.17. The molecule has 5 heteroatoms. The monoisotopic (exact) mass is 268 g/mol. The molecule has 0 aliphatic rings. The molecule has 1 rings (SSSR count). The van der Waals surface area contributed by atoms with Gasteiger partial charge in [0, 0.05) is 11.7 Å². The summed E-state index contributed by atoms with van der Waals surface area (Å²) in [5.41, 5.74) is 1.80. The smallest absolute Gasteiger partial charge is 0.238 e. The van der Waals surface area contributed by atoms with Crippen LogP contribution in [-0.4, -0.2) is 14.5 Å². The molecule has 0 aromatic heterocycles. The third-order valence-electron chi connectivity index (χ3n) is 2.74. The van der Waals surface area contributed by atoms with Crippen molar-refractivity contribution in [3.63, 3.8) is 0 Å². The summed E-state index contributed by atoms with van der Waals surface area (Å²) in [5.74, 6) is 0. The predicted octanol–water partition coefficient (Wildman–Crippen LogP) is 2.41. The molecule has 0 aliphatic carbocycles. The van der Waals surface area contributed by atoms with Crippen molar-refractivity contribution in [2.75, 3.05) is 5.32 Å². The fraction of sp³-hybridized carbons (Fsp3) is 0.385. The van der Waals surface area contributed by atoms with Gasteiger partial charge in [-0.1, -0.05) is 12.1 Å². The first-order valence-electron chi connectivity index (χ1n) is 5.85. The van der Waals surface area contributed by atoms with E-state index in [1.165, 1.54) is 6.07 Å². The largest absolute Gasteiger partial charge is 0.382 e. The van der Waals surface area contributed by atoms with E-state index in [1.54, 1.807) is 12.1 Å². The van der Waals surface area contributed by atoms with E-state index >= 15 is 0 Å². The summed E-state index contributed by atoms with van der Waals surface area (Å²) in [6.45, 7) is 7.65. The first kappa shape index (κ1) is 14.7. The van der Waals surface area contributed by atoms with Crippen molar-refractivity contribution in [3.8, 4) is 0 Å². The third-order valence-corrected chi connectivity index (χ3v) is 3.65. The fourth-order valence-corrected chi connectivity index (χ4v) is 2.18. The minimum atomic E-state index is -3.65. The predicted molar refractivity (Wildman–Crippen MR) is 75.1 cm³/mol. The molecule has 100 valence electrons.